The SMILES string of the molecule is [CH]C(=S)c1ccccc1. The Bertz CT molecular complexity index is 201. The van der Waals surface area contributed by atoms with Gasteiger partial charge in [-0.2, -0.15) is 0 Å². The lowest BCUT2D eigenvalue weighted by molar-refractivity contribution is 1.68. The van der Waals surface area contributed by atoms with Gasteiger partial charge in [0, 0.05) is 11.8 Å². The van der Waals surface area contributed by atoms with Gasteiger partial charge >= 0.3 is 0 Å². The summed E-state index contributed by atoms with van der Waals surface area (Å²) >= 11 is 4.74. The molecule has 0 unspecified atom stereocenters. The van der Waals surface area contributed by atoms with Crippen molar-refractivity contribution < 1.29 is 0 Å². The van der Waals surface area contributed by atoms with E-state index in [2.05, 4.69) is 0 Å². The summed E-state index contributed by atoms with van der Waals surface area (Å²) in [5, 5.41) is 0. The molecule has 1 heteroatoms. The third-order valence-electron chi connectivity index (χ3n) is 1.06. The van der Waals surface area contributed by atoms with Gasteiger partial charge in [-0.15, -0.1) is 0 Å². The van der Waals surface area contributed by atoms with Crippen LogP contribution in [0.15, 0.2) is 30.3 Å². The van der Waals surface area contributed by atoms with Crippen LogP contribution in [0.3, 0.4) is 0 Å². The Hall–Kier alpha value is -0.690. The van der Waals surface area contributed by atoms with Crippen LogP contribution in [0.1, 0.15) is 5.56 Å². The molecule has 1 aromatic carbocycles. The number of rotatable bonds is 1. The maximum atomic E-state index is 5.35. The molecule has 0 nitrogen and oxygen atoms in total. The Morgan fingerprint density at radius 1 is 1.22 bits per heavy atom. The summed E-state index contributed by atoms with van der Waals surface area (Å²) in [6.07, 6.45) is 0. The number of benzene rings is 1. The molecule has 1 aromatic rings. The molecule has 0 bridgehead atoms. The van der Waals surface area contributed by atoms with Crippen LogP contribution in [-0.4, -0.2) is 4.86 Å². The van der Waals surface area contributed by atoms with E-state index in [0.29, 0.717) is 4.86 Å². The first kappa shape index (κ1) is 6.43. The van der Waals surface area contributed by atoms with Crippen molar-refractivity contribution in [2.75, 3.05) is 0 Å². The van der Waals surface area contributed by atoms with Crippen LogP contribution in [-0.2, 0) is 0 Å². The maximum Gasteiger partial charge on any atom is 0.0268 e. The van der Waals surface area contributed by atoms with Crippen molar-refractivity contribution in [2.24, 2.45) is 0 Å². The van der Waals surface area contributed by atoms with E-state index in [-0.39, 0.29) is 0 Å². The van der Waals surface area contributed by atoms with Gasteiger partial charge in [0.15, 0.2) is 0 Å². The molecule has 0 saturated heterocycles. The molecular weight excluding hydrogens is 128 g/mol. The Morgan fingerprint density at radius 3 is 2.11 bits per heavy atom. The predicted octanol–water partition coefficient (Wildman–Crippen LogP) is 2.12. The molecular formula is C8H6S. The smallest absolute Gasteiger partial charge is 0.0268 e. The van der Waals surface area contributed by atoms with E-state index in [0.717, 1.165) is 5.56 Å². The van der Waals surface area contributed by atoms with E-state index in [1.807, 2.05) is 30.3 Å². The van der Waals surface area contributed by atoms with Gasteiger partial charge in [-0.3, -0.25) is 0 Å². The Morgan fingerprint density at radius 2 is 1.78 bits per heavy atom. The van der Waals surface area contributed by atoms with Crippen molar-refractivity contribution in [2.45, 2.75) is 0 Å². The van der Waals surface area contributed by atoms with E-state index in [4.69, 9.17) is 19.1 Å². The minimum atomic E-state index is 0.454. The van der Waals surface area contributed by atoms with E-state index in [1.165, 1.54) is 0 Å². The highest BCUT2D eigenvalue weighted by Gasteiger charge is 1.88. The fraction of sp³-hybridized carbons (Fsp3) is 0. The molecule has 2 radical (unpaired) electrons. The Labute approximate surface area is 60.5 Å². The van der Waals surface area contributed by atoms with Crippen molar-refractivity contribution >= 4 is 17.1 Å². The molecule has 0 N–H and O–H groups in total. The van der Waals surface area contributed by atoms with E-state index in [1.54, 1.807) is 0 Å². The highest BCUT2D eigenvalue weighted by atomic mass is 32.1. The van der Waals surface area contributed by atoms with Crippen LogP contribution in [0.2, 0.25) is 0 Å². The van der Waals surface area contributed by atoms with Crippen molar-refractivity contribution in [3.63, 3.8) is 0 Å². The van der Waals surface area contributed by atoms with E-state index >= 15 is 0 Å². The van der Waals surface area contributed by atoms with E-state index in [9.17, 15) is 0 Å². The summed E-state index contributed by atoms with van der Waals surface area (Å²) in [6, 6.07) is 9.54. The van der Waals surface area contributed by atoms with Crippen LogP contribution in [0.25, 0.3) is 0 Å². The summed E-state index contributed by atoms with van der Waals surface area (Å²) in [6.45, 7) is 5.35. The van der Waals surface area contributed by atoms with Crippen molar-refractivity contribution in [1.29, 1.82) is 0 Å². The van der Waals surface area contributed by atoms with Gasteiger partial charge in [-0.05, 0) is 5.56 Å². The maximum absolute atomic E-state index is 5.35. The van der Waals surface area contributed by atoms with Gasteiger partial charge in [0.25, 0.3) is 0 Å². The zero-order chi connectivity index (χ0) is 6.69. The van der Waals surface area contributed by atoms with Crippen LogP contribution in [0.5, 0.6) is 0 Å². The molecule has 0 amide bonds. The van der Waals surface area contributed by atoms with Gasteiger partial charge in [0.2, 0.25) is 0 Å². The monoisotopic (exact) mass is 134 g/mol. The van der Waals surface area contributed by atoms with Crippen LogP contribution < -0.4 is 0 Å². The first-order valence-electron chi connectivity index (χ1n) is 2.65. The number of hydrogen-bond donors (Lipinski definition) is 0. The lowest BCUT2D eigenvalue weighted by Gasteiger charge is -1.92. The molecule has 0 fully saturated rings. The second kappa shape index (κ2) is 2.74. The van der Waals surface area contributed by atoms with Crippen molar-refractivity contribution in [3.8, 4) is 0 Å². The predicted molar refractivity (Wildman–Crippen MR) is 42.4 cm³/mol. The summed E-state index contributed by atoms with van der Waals surface area (Å²) in [4.78, 5) is 0.454. The van der Waals surface area contributed by atoms with Gasteiger partial charge in [-0.1, -0.05) is 42.5 Å². The largest absolute Gasteiger partial charge is 0.0839 e. The lowest BCUT2D eigenvalue weighted by atomic mass is 10.2. The standard InChI is InChI=1S/C8H6S/c1-7(9)8-5-3-2-4-6-8/h1-6H. The average molecular weight is 134 g/mol. The molecule has 9 heavy (non-hydrogen) atoms. The molecule has 0 aliphatic rings. The van der Waals surface area contributed by atoms with Crippen LogP contribution in [0.4, 0.5) is 0 Å². The summed E-state index contributed by atoms with van der Waals surface area (Å²) < 4.78 is 0. The molecule has 0 aromatic heterocycles. The Kier molecular flexibility index (Phi) is 1.96. The molecule has 0 saturated carbocycles. The normalized spacial score (nSPS) is 9.00. The second-order valence-electron chi connectivity index (χ2n) is 1.73. The summed E-state index contributed by atoms with van der Waals surface area (Å²) in [5.74, 6) is 0. The first-order chi connectivity index (χ1) is 4.30. The van der Waals surface area contributed by atoms with Gasteiger partial charge in [-0.25, -0.2) is 0 Å². The van der Waals surface area contributed by atoms with Crippen LogP contribution in [0, 0.1) is 6.92 Å². The molecule has 0 atom stereocenters. The topological polar surface area (TPSA) is 0 Å². The van der Waals surface area contributed by atoms with Gasteiger partial charge in [0.1, 0.15) is 0 Å². The van der Waals surface area contributed by atoms with Crippen LogP contribution >= 0.6 is 12.2 Å². The first-order valence-corrected chi connectivity index (χ1v) is 3.06. The summed E-state index contributed by atoms with van der Waals surface area (Å²) in [7, 11) is 0. The zero-order valence-corrected chi connectivity index (χ0v) is 5.69. The molecule has 0 aliphatic heterocycles. The fourth-order valence-electron chi connectivity index (χ4n) is 0.602. The molecule has 0 spiro atoms. The quantitative estimate of drug-likeness (QED) is 0.419. The van der Waals surface area contributed by atoms with E-state index < -0.39 is 0 Å². The molecule has 44 valence electrons. The third-order valence-corrected chi connectivity index (χ3v) is 1.29. The Balaban J connectivity index is 2.98. The lowest BCUT2D eigenvalue weighted by Crippen LogP contribution is -1.87. The molecule has 0 aliphatic carbocycles. The fourth-order valence-corrected chi connectivity index (χ4v) is 0.739. The minimum absolute atomic E-state index is 0.454. The minimum Gasteiger partial charge on any atom is -0.0839 e. The van der Waals surface area contributed by atoms with Crippen molar-refractivity contribution in [1.82, 2.24) is 0 Å². The summed E-state index contributed by atoms with van der Waals surface area (Å²) in [5.41, 5.74) is 0.924. The zero-order valence-electron chi connectivity index (χ0n) is 4.87. The number of thiocarbonyl (C=S) groups is 1. The van der Waals surface area contributed by atoms with Gasteiger partial charge < -0.3 is 0 Å². The number of hydrogen-bond acceptors (Lipinski definition) is 1. The second-order valence-corrected chi connectivity index (χ2v) is 2.17. The molecule has 0 heterocycles. The van der Waals surface area contributed by atoms with Gasteiger partial charge in [0.05, 0.1) is 0 Å². The average Bonchev–Trinajstić information content (AvgIpc) is 1.90. The van der Waals surface area contributed by atoms with Crippen molar-refractivity contribution in [3.05, 3.63) is 42.8 Å². The third kappa shape index (κ3) is 1.61. The molecule has 1 rings (SSSR count). The highest BCUT2D eigenvalue weighted by molar-refractivity contribution is 7.81. The highest BCUT2D eigenvalue weighted by Crippen LogP contribution is 1.98.